The number of nitrogens with two attached hydrogens (primary N) is 1. The number of aryl methyl sites for hydroxylation is 1. The minimum Gasteiger partial charge on any atom is -0.495 e. The molecule has 2 N–H and O–H groups in total. The van der Waals surface area contributed by atoms with E-state index in [1.54, 1.807) is 25.8 Å². The maximum absolute atomic E-state index is 6.13. The Morgan fingerprint density at radius 3 is 2.94 bits per heavy atom. The summed E-state index contributed by atoms with van der Waals surface area (Å²) in [6.07, 6.45) is 5.15. The van der Waals surface area contributed by atoms with Crippen molar-refractivity contribution in [2.45, 2.75) is 6.04 Å². The van der Waals surface area contributed by atoms with Gasteiger partial charge in [0.05, 0.1) is 31.4 Å². The summed E-state index contributed by atoms with van der Waals surface area (Å²) in [5.41, 5.74) is 7.75. The first-order valence-electron chi connectivity index (χ1n) is 4.94. The maximum Gasteiger partial charge on any atom is 0.142 e. The van der Waals surface area contributed by atoms with Crippen LogP contribution in [0.4, 0.5) is 0 Å². The predicted octanol–water partition coefficient (Wildman–Crippen LogP) is 0.872. The Bertz CT molecular complexity index is 480. The van der Waals surface area contributed by atoms with E-state index in [1.165, 1.54) is 0 Å². The van der Waals surface area contributed by atoms with Crippen LogP contribution in [-0.2, 0) is 7.05 Å². The van der Waals surface area contributed by atoms with Gasteiger partial charge in [0.15, 0.2) is 0 Å². The molecule has 0 aliphatic rings. The summed E-state index contributed by atoms with van der Waals surface area (Å²) in [6.45, 7) is 0. The zero-order valence-electron chi connectivity index (χ0n) is 9.29. The van der Waals surface area contributed by atoms with Gasteiger partial charge in [-0.05, 0) is 12.1 Å². The molecule has 1 atom stereocenters. The van der Waals surface area contributed by atoms with Crippen LogP contribution in [0.5, 0.6) is 5.75 Å². The Labute approximate surface area is 93.9 Å². The van der Waals surface area contributed by atoms with Crippen LogP contribution in [0.2, 0.25) is 0 Å². The summed E-state index contributed by atoms with van der Waals surface area (Å²) < 4.78 is 7.11. The first-order valence-corrected chi connectivity index (χ1v) is 4.94. The topological polar surface area (TPSA) is 66.0 Å². The highest BCUT2D eigenvalue weighted by Crippen LogP contribution is 2.25. The molecule has 5 nitrogen and oxygen atoms in total. The molecular formula is C11H14N4O. The second-order valence-electron chi connectivity index (χ2n) is 3.50. The van der Waals surface area contributed by atoms with Crippen molar-refractivity contribution < 1.29 is 4.74 Å². The van der Waals surface area contributed by atoms with Crippen LogP contribution in [0.1, 0.15) is 17.4 Å². The van der Waals surface area contributed by atoms with E-state index in [0.29, 0.717) is 11.4 Å². The maximum atomic E-state index is 6.13. The largest absolute Gasteiger partial charge is 0.495 e. The van der Waals surface area contributed by atoms with Crippen molar-refractivity contribution in [3.8, 4) is 5.75 Å². The van der Waals surface area contributed by atoms with Crippen molar-refractivity contribution in [2.24, 2.45) is 12.8 Å². The van der Waals surface area contributed by atoms with Gasteiger partial charge in [-0.15, -0.1) is 0 Å². The van der Waals surface area contributed by atoms with E-state index in [2.05, 4.69) is 9.97 Å². The van der Waals surface area contributed by atoms with Gasteiger partial charge in [-0.2, -0.15) is 0 Å². The SMILES string of the molecule is COc1cccnc1C(N)c1cncn1C. The lowest BCUT2D eigenvalue weighted by molar-refractivity contribution is 0.404. The molecule has 0 spiro atoms. The summed E-state index contributed by atoms with van der Waals surface area (Å²) in [4.78, 5) is 8.29. The third kappa shape index (κ3) is 1.77. The molecule has 2 rings (SSSR count). The lowest BCUT2D eigenvalue weighted by Gasteiger charge is -2.14. The molecule has 0 radical (unpaired) electrons. The molecule has 0 aliphatic carbocycles. The number of hydrogen-bond donors (Lipinski definition) is 1. The van der Waals surface area contributed by atoms with Crippen LogP contribution in [0.15, 0.2) is 30.9 Å². The molecule has 84 valence electrons. The molecule has 0 aromatic carbocycles. The minimum absolute atomic E-state index is 0.330. The quantitative estimate of drug-likeness (QED) is 0.830. The molecular weight excluding hydrogens is 204 g/mol. The van der Waals surface area contributed by atoms with E-state index in [0.717, 1.165) is 5.69 Å². The van der Waals surface area contributed by atoms with Crippen molar-refractivity contribution in [3.63, 3.8) is 0 Å². The van der Waals surface area contributed by atoms with Gasteiger partial charge in [-0.3, -0.25) is 4.98 Å². The molecule has 0 fully saturated rings. The molecule has 2 aromatic rings. The lowest BCUT2D eigenvalue weighted by Crippen LogP contribution is -2.17. The van der Waals surface area contributed by atoms with Gasteiger partial charge in [0, 0.05) is 13.2 Å². The van der Waals surface area contributed by atoms with E-state index in [9.17, 15) is 0 Å². The first kappa shape index (κ1) is 10.6. The summed E-state index contributed by atoms with van der Waals surface area (Å²) in [7, 11) is 3.51. The molecule has 0 bridgehead atoms. The molecule has 0 amide bonds. The molecule has 0 saturated carbocycles. The highest BCUT2D eigenvalue weighted by molar-refractivity contribution is 5.33. The fourth-order valence-electron chi connectivity index (χ4n) is 1.62. The Morgan fingerprint density at radius 2 is 2.31 bits per heavy atom. The number of methoxy groups -OCH3 is 1. The summed E-state index contributed by atoms with van der Waals surface area (Å²) in [5, 5.41) is 0. The molecule has 0 aliphatic heterocycles. The van der Waals surface area contributed by atoms with Gasteiger partial charge in [0.25, 0.3) is 0 Å². The number of rotatable bonds is 3. The van der Waals surface area contributed by atoms with Gasteiger partial charge in [0.2, 0.25) is 0 Å². The van der Waals surface area contributed by atoms with Crippen LogP contribution in [0.25, 0.3) is 0 Å². The van der Waals surface area contributed by atoms with Crippen molar-refractivity contribution in [3.05, 3.63) is 42.2 Å². The molecule has 1 unspecified atom stereocenters. The van der Waals surface area contributed by atoms with Crippen LogP contribution >= 0.6 is 0 Å². The van der Waals surface area contributed by atoms with Gasteiger partial charge < -0.3 is 15.0 Å². The number of nitrogens with zero attached hydrogens (tertiary/aromatic N) is 3. The molecule has 2 heterocycles. The fourth-order valence-corrected chi connectivity index (χ4v) is 1.62. The number of ether oxygens (including phenoxy) is 1. The minimum atomic E-state index is -0.330. The van der Waals surface area contributed by atoms with Crippen molar-refractivity contribution in [2.75, 3.05) is 7.11 Å². The first-order chi connectivity index (χ1) is 7.74. The van der Waals surface area contributed by atoms with Crippen molar-refractivity contribution in [1.29, 1.82) is 0 Å². The average Bonchev–Trinajstić information content (AvgIpc) is 2.74. The van der Waals surface area contributed by atoms with Crippen LogP contribution in [0, 0.1) is 0 Å². The molecule has 16 heavy (non-hydrogen) atoms. The highest BCUT2D eigenvalue weighted by atomic mass is 16.5. The summed E-state index contributed by atoms with van der Waals surface area (Å²) in [5.74, 6) is 0.691. The fraction of sp³-hybridized carbons (Fsp3) is 0.273. The smallest absolute Gasteiger partial charge is 0.142 e. The monoisotopic (exact) mass is 218 g/mol. The van der Waals surface area contributed by atoms with E-state index < -0.39 is 0 Å². The zero-order valence-corrected chi connectivity index (χ0v) is 9.29. The second kappa shape index (κ2) is 4.32. The average molecular weight is 218 g/mol. The predicted molar refractivity (Wildman–Crippen MR) is 60.0 cm³/mol. The number of imidazole rings is 1. The lowest BCUT2D eigenvalue weighted by atomic mass is 10.1. The summed E-state index contributed by atoms with van der Waals surface area (Å²) >= 11 is 0. The van der Waals surface area contributed by atoms with Gasteiger partial charge in [-0.25, -0.2) is 4.98 Å². The molecule has 5 heteroatoms. The van der Waals surface area contributed by atoms with Crippen molar-refractivity contribution in [1.82, 2.24) is 14.5 Å². The third-order valence-electron chi connectivity index (χ3n) is 2.49. The van der Waals surface area contributed by atoms with E-state index in [1.807, 2.05) is 23.7 Å². The van der Waals surface area contributed by atoms with Crippen LogP contribution in [-0.4, -0.2) is 21.6 Å². The normalized spacial score (nSPS) is 12.4. The van der Waals surface area contributed by atoms with Crippen molar-refractivity contribution >= 4 is 0 Å². The third-order valence-corrected chi connectivity index (χ3v) is 2.49. The Kier molecular flexibility index (Phi) is 2.87. The number of hydrogen-bond acceptors (Lipinski definition) is 4. The van der Waals surface area contributed by atoms with E-state index >= 15 is 0 Å². The Morgan fingerprint density at radius 1 is 1.50 bits per heavy atom. The Balaban J connectivity index is 2.41. The number of pyridine rings is 1. The van der Waals surface area contributed by atoms with E-state index in [4.69, 9.17) is 10.5 Å². The second-order valence-corrected chi connectivity index (χ2v) is 3.50. The Hall–Kier alpha value is -1.88. The highest BCUT2D eigenvalue weighted by Gasteiger charge is 2.17. The summed E-state index contributed by atoms with van der Waals surface area (Å²) in [6, 6.07) is 3.33. The van der Waals surface area contributed by atoms with Crippen LogP contribution in [0.3, 0.4) is 0 Å². The zero-order chi connectivity index (χ0) is 11.5. The standard InChI is InChI=1S/C11H14N4O/c1-15-7-13-6-8(15)10(12)11-9(16-2)4-3-5-14-11/h3-7,10H,12H2,1-2H3. The molecule has 0 saturated heterocycles. The van der Waals surface area contributed by atoms with Gasteiger partial charge in [-0.1, -0.05) is 0 Å². The van der Waals surface area contributed by atoms with Crippen LogP contribution < -0.4 is 10.5 Å². The molecule has 2 aromatic heterocycles. The van der Waals surface area contributed by atoms with Gasteiger partial charge in [0.1, 0.15) is 11.4 Å². The number of aromatic nitrogens is 3. The van der Waals surface area contributed by atoms with E-state index in [-0.39, 0.29) is 6.04 Å². The van der Waals surface area contributed by atoms with Gasteiger partial charge >= 0.3 is 0 Å².